The second-order valence-corrected chi connectivity index (χ2v) is 9.25. The lowest BCUT2D eigenvalue weighted by molar-refractivity contribution is -0.118. The maximum Gasteiger partial charge on any atom is 0.228 e. The van der Waals surface area contributed by atoms with Crippen molar-refractivity contribution in [1.82, 2.24) is 20.2 Å². The van der Waals surface area contributed by atoms with E-state index in [1.807, 2.05) is 24.3 Å². The van der Waals surface area contributed by atoms with Gasteiger partial charge in [0.25, 0.3) is 0 Å². The summed E-state index contributed by atoms with van der Waals surface area (Å²) in [6, 6.07) is 7.34. The van der Waals surface area contributed by atoms with Crippen molar-refractivity contribution in [3.05, 3.63) is 30.1 Å². The number of nitrogens with one attached hydrogen (secondary N) is 1. The van der Waals surface area contributed by atoms with Gasteiger partial charge in [0, 0.05) is 11.6 Å². The molecular formula is C16H19N5O3S. The SMILES string of the molecule is Cc1nnnn1-c1cccc(NC(=O)C2CC23CCS(=O)(=O)CC3)c1. The number of hydrogen-bond donors (Lipinski definition) is 1. The Bertz CT molecular complexity index is 923. The van der Waals surface area contributed by atoms with Crippen LogP contribution in [0.4, 0.5) is 5.69 Å². The molecule has 1 aliphatic carbocycles. The third-order valence-corrected chi connectivity index (χ3v) is 6.96. The van der Waals surface area contributed by atoms with E-state index in [1.165, 1.54) is 0 Å². The number of aromatic nitrogens is 4. The van der Waals surface area contributed by atoms with Gasteiger partial charge in [-0.25, -0.2) is 8.42 Å². The third-order valence-electron chi connectivity index (χ3n) is 5.31. The van der Waals surface area contributed by atoms with Crippen molar-refractivity contribution in [3.8, 4) is 5.69 Å². The molecule has 0 bridgehead atoms. The number of nitrogens with zero attached hydrogens (tertiary/aromatic N) is 4. The number of aryl methyl sites for hydroxylation is 1. The van der Waals surface area contributed by atoms with Crippen LogP contribution in [0.3, 0.4) is 0 Å². The highest BCUT2D eigenvalue weighted by atomic mass is 32.2. The highest BCUT2D eigenvalue weighted by Gasteiger charge is 2.59. The Hall–Kier alpha value is -2.29. The number of carbonyl (C=O) groups is 1. The maximum atomic E-state index is 12.6. The molecule has 132 valence electrons. The van der Waals surface area contributed by atoms with Gasteiger partial charge in [0.05, 0.1) is 17.2 Å². The van der Waals surface area contributed by atoms with Gasteiger partial charge in [0.1, 0.15) is 9.84 Å². The summed E-state index contributed by atoms with van der Waals surface area (Å²) in [6.07, 6.45) is 1.97. The molecule has 1 saturated carbocycles. The van der Waals surface area contributed by atoms with Gasteiger partial charge in [-0.2, -0.15) is 4.68 Å². The predicted octanol–water partition coefficient (Wildman–Crippen LogP) is 1.12. The molecule has 1 atom stereocenters. The van der Waals surface area contributed by atoms with Gasteiger partial charge in [-0.05, 0) is 60.2 Å². The Morgan fingerprint density at radius 2 is 2.08 bits per heavy atom. The fourth-order valence-electron chi connectivity index (χ4n) is 3.63. The molecule has 0 radical (unpaired) electrons. The summed E-state index contributed by atoms with van der Waals surface area (Å²) in [6.45, 7) is 1.80. The van der Waals surface area contributed by atoms with Crippen molar-refractivity contribution in [3.63, 3.8) is 0 Å². The molecule has 1 N–H and O–H groups in total. The second-order valence-electron chi connectivity index (χ2n) is 6.95. The van der Waals surface area contributed by atoms with E-state index in [9.17, 15) is 13.2 Å². The van der Waals surface area contributed by atoms with Gasteiger partial charge < -0.3 is 5.32 Å². The first-order valence-corrected chi connectivity index (χ1v) is 10.1. The molecule has 1 aliphatic heterocycles. The number of benzene rings is 1. The Labute approximate surface area is 145 Å². The highest BCUT2D eigenvalue weighted by molar-refractivity contribution is 7.91. The first-order chi connectivity index (χ1) is 11.9. The molecule has 2 aromatic rings. The minimum absolute atomic E-state index is 0.0371. The van der Waals surface area contributed by atoms with Crippen LogP contribution in [0.2, 0.25) is 0 Å². The smallest absolute Gasteiger partial charge is 0.228 e. The van der Waals surface area contributed by atoms with E-state index in [-0.39, 0.29) is 28.7 Å². The van der Waals surface area contributed by atoms with Crippen LogP contribution in [0, 0.1) is 18.3 Å². The van der Waals surface area contributed by atoms with E-state index in [0.29, 0.717) is 24.4 Å². The number of tetrazole rings is 1. The van der Waals surface area contributed by atoms with E-state index >= 15 is 0 Å². The van der Waals surface area contributed by atoms with E-state index in [4.69, 9.17) is 0 Å². The van der Waals surface area contributed by atoms with E-state index < -0.39 is 9.84 Å². The quantitative estimate of drug-likeness (QED) is 0.878. The normalized spacial score (nSPS) is 23.3. The fraction of sp³-hybridized carbons (Fsp3) is 0.500. The Morgan fingerprint density at radius 1 is 1.32 bits per heavy atom. The fourth-order valence-corrected chi connectivity index (χ4v) is 5.27. The van der Waals surface area contributed by atoms with Gasteiger partial charge in [-0.3, -0.25) is 4.79 Å². The summed E-state index contributed by atoms with van der Waals surface area (Å²) < 4.78 is 24.8. The average molecular weight is 361 g/mol. The van der Waals surface area contributed by atoms with Crippen LogP contribution in [-0.4, -0.2) is 46.0 Å². The Kier molecular flexibility index (Phi) is 3.64. The summed E-state index contributed by atoms with van der Waals surface area (Å²) in [7, 11) is -2.91. The zero-order chi connectivity index (χ0) is 17.7. The lowest BCUT2D eigenvalue weighted by atomic mass is 9.96. The molecule has 1 aromatic heterocycles. The van der Waals surface area contributed by atoms with Gasteiger partial charge >= 0.3 is 0 Å². The molecule has 9 heteroatoms. The largest absolute Gasteiger partial charge is 0.326 e. The average Bonchev–Trinajstić information content (AvgIpc) is 3.13. The minimum atomic E-state index is -2.91. The standard InChI is InChI=1S/C16H19N5O3S/c1-11-18-19-20-21(11)13-4-2-3-12(9-13)17-15(22)14-10-16(14)5-7-25(23,24)8-6-16/h2-4,9,14H,5-8,10H2,1H3,(H,17,22). The second kappa shape index (κ2) is 5.62. The van der Waals surface area contributed by atoms with Crippen molar-refractivity contribution in [2.45, 2.75) is 26.2 Å². The molecule has 1 saturated heterocycles. The molecule has 2 aliphatic rings. The van der Waals surface area contributed by atoms with Gasteiger partial charge in [-0.1, -0.05) is 6.07 Å². The van der Waals surface area contributed by atoms with E-state index in [2.05, 4.69) is 20.8 Å². The third kappa shape index (κ3) is 3.04. The summed E-state index contributed by atoms with van der Waals surface area (Å²) >= 11 is 0. The van der Waals surface area contributed by atoms with Crippen LogP contribution in [0.1, 0.15) is 25.1 Å². The molecule has 2 heterocycles. The molecule has 4 rings (SSSR count). The number of sulfone groups is 1. The zero-order valence-electron chi connectivity index (χ0n) is 13.8. The number of anilines is 1. The zero-order valence-corrected chi connectivity index (χ0v) is 14.7. The lowest BCUT2D eigenvalue weighted by Crippen LogP contribution is -2.28. The van der Waals surface area contributed by atoms with E-state index in [0.717, 1.165) is 12.1 Å². The number of carbonyl (C=O) groups excluding carboxylic acids is 1. The van der Waals surface area contributed by atoms with Crippen LogP contribution in [0.25, 0.3) is 5.69 Å². The lowest BCUT2D eigenvalue weighted by Gasteiger charge is -2.22. The first-order valence-electron chi connectivity index (χ1n) is 8.25. The summed E-state index contributed by atoms with van der Waals surface area (Å²) in [5.74, 6) is 0.926. The van der Waals surface area contributed by atoms with Gasteiger partial charge in [0.2, 0.25) is 5.91 Å². The molecular weight excluding hydrogens is 342 g/mol. The summed E-state index contributed by atoms with van der Waals surface area (Å²) in [5, 5.41) is 14.3. The van der Waals surface area contributed by atoms with Crippen molar-refractivity contribution in [2.75, 3.05) is 16.8 Å². The van der Waals surface area contributed by atoms with Crippen LogP contribution >= 0.6 is 0 Å². The molecule has 2 fully saturated rings. The predicted molar refractivity (Wildman–Crippen MR) is 90.9 cm³/mol. The minimum Gasteiger partial charge on any atom is -0.326 e. The van der Waals surface area contributed by atoms with E-state index in [1.54, 1.807) is 11.6 Å². The molecule has 1 unspecified atom stereocenters. The van der Waals surface area contributed by atoms with Crippen molar-refractivity contribution in [1.29, 1.82) is 0 Å². The van der Waals surface area contributed by atoms with Crippen LogP contribution in [0.15, 0.2) is 24.3 Å². The van der Waals surface area contributed by atoms with Crippen LogP contribution in [-0.2, 0) is 14.6 Å². The molecule has 8 nitrogen and oxygen atoms in total. The Balaban J connectivity index is 1.45. The van der Waals surface area contributed by atoms with Crippen molar-refractivity contribution < 1.29 is 13.2 Å². The monoisotopic (exact) mass is 361 g/mol. The first kappa shape index (κ1) is 16.2. The molecule has 1 amide bonds. The topological polar surface area (TPSA) is 107 Å². The summed E-state index contributed by atoms with van der Waals surface area (Å²) in [4.78, 5) is 12.6. The Morgan fingerprint density at radius 3 is 2.76 bits per heavy atom. The molecule has 1 aromatic carbocycles. The van der Waals surface area contributed by atoms with Crippen LogP contribution < -0.4 is 5.32 Å². The maximum absolute atomic E-state index is 12.6. The molecule has 1 spiro atoms. The van der Waals surface area contributed by atoms with Crippen molar-refractivity contribution >= 4 is 21.4 Å². The number of amides is 1. The highest BCUT2D eigenvalue weighted by Crippen LogP contribution is 2.60. The van der Waals surface area contributed by atoms with Crippen molar-refractivity contribution in [2.24, 2.45) is 11.3 Å². The number of rotatable bonds is 3. The van der Waals surface area contributed by atoms with Gasteiger partial charge in [0.15, 0.2) is 5.82 Å². The van der Waals surface area contributed by atoms with Gasteiger partial charge in [-0.15, -0.1) is 5.10 Å². The summed E-state index contributed by atoms with van der Waals surface area (Å²) in [5.41, 5.74) is 1.34. The number of hydrogen-bond acceptors (Lipinski definition) is 6. The molecule has 25 heavy (non-hydrogen) atoms. The van der Waals surface area contributed by atoms with Crippen LogP contribution in [0.5, 0.6) is 0 Å².